The molecule has 202 valence electrons. The normalized spacial score (nSPS) is 18.9. The number of rotatable bonds is 12. The molecular weight excluding hydrogens is 491 g/mol. The lowest BCUT2D eigenvalue weighted by atomic mass is 9.64. The zero-order chi connectivity index (χ0) is 27.7. The molecular formula is C26H33BN4O7. The first-order chi connectivity index (χ1) is 18.2. The van der Waals surface area contributed by atoms with E-state index in [2.05, 4.69) is 20.6 Å². The van der Waals surface area contributed by atoms with Crippen molar-refractivity contribution in [3.8, 4) is 0 Å². The minimum absolute atomic E-state index is 0.0630. The molecule has 0 radical (unpaired) electrons. The van der Waals surface area contributed by atoms with E-state index in [1.807, 2.05) is 44.2 Å². The second kappa shape index (κ2) is 13.8. The van der Waals surface area contributed by atoms with E-state index in [0.717, 1.165) is 5.56 Å². The molecule has 1 aromatic heterocycles. The van der Waals surface area contributed by atoms with Crippen LogP contribution in [0.4, 0.5) is 0 Å². The van der Waals surface area contributed by atoms with Crippen molar-refractivity contribution >= 4 is 30.7 Å². The van der Waals surface area contributed by atoms with Gasteiger partial charge in [0.1, 0.15) is 11.7 Å². The van der Waals surface area contributed by atoms with Crippen molar-refractivity contribution in [3.63, 3.8) is 0 Å². The first kappa shape index (κ1) is 28.9. The summed E-state index contributed by atoms with van der Waals surface area (Å²) in [7, 11) is 1.57. The van der Waals surface area contributed by atoms with Gasteiger partial charge in [0, 0.05) is 24.6 Å². The van der Waals surface area contributed by atoms with Crippen LogP contribution in [0.2, 0.25) is 5.82 Å². The molecule has 0 bridgehead atoms. The van der Waals surface area contributed by atoms with Crippen LogP contribution in [0.25, 0.3) is 0 Å². The van der Waals surface area contributed by atoms with Crippen LogP contribution >= 0.6 is 0 Å². The molecule has 2 N–H and O–H groups in total. The lowest BCUT2D eigenvalue weighted by molar-refractivity contribution is -0.163. The Labute approximate surface area is 222 Å². The fraction of sp³-hybridized carbons (Fsp3) is 0.462. The van der Waals surface area contributed by atoms with E-state index in [9.17, 15) is 19.2 Å². The second-order valence-corrected chi connectivity index (χ2v) is 9.52. The predicted molar refractivity (Wildman–Crippen MR) is 138 cm³/mol. The van der Waals surface area contributed by atoms with Gasteiger partial charge in [-0.3, -0.25) is 19.4 Å². The molecule has 4 atom stereocenters. The topological polar surface area (TPSA) is 146 Å². The number of hydrogen-bond acceptors (Lipinski definition) is 10. The number of amides is 1. The molecule has 3 rings (SSSR count). The monoisotopic (exact) mass is 524 g/mol. The predicted octanol–water partition coefficient (Wildman–Crippen LogP) is 1.38. The number of methoxy groups -OCH3 is 1. The first-order valence-electron chi connectivity index (χ1n) is 12.5. The van der Waals surface area contributed by atoms with Gasteiger partial charge in [-0.2, -0.15) is 0 Å². The molecule has 1 aliphatic heterocycles. The molecule has 12 heteroatoms. The minimum Gasteiger partial charge on any atom is -0.508 e. The highest BCUT2D eigenvalue weighted by Gasteiger charge is 2.49. The van der Waals surface area contributed by atoms with Crippen molar-refractivity contribution in [2.75, 3.05) is 14.2 Å². The van der Waals surface area contributed by atoms with E-state index in [-0.39, 0.29) is 30.2 Å². The van der Waals surface area contributed by atoms with Gasteiger partial charge < -0.3 is 24.7 Å². The Bertz CT molecular complexity index is 1100. The highest BCUT2D eigenvalue weighted by Crippen LogP contribution is 2.31. The summed E-state index contributed by atoms with van der Waals surface area (Å²) in [6, 6.07) is 7.37. The van der Waals surface area contributed by atoms with Crippen molar-refractivity contribution in [1.82, 2.24) is 20.6 Å². The number of esters is 1. The van der Waals surface area contributed by atoms with E-state index in [1.54, 1.807) is 0 Å². The van der Waals surface area contributed by atoms with Crippen LogP contribution in [-0.2, 0) is 34.9 Å². The summed E-state index contributed by atoms with van der Waals surface area (Å²) in [5, 5.41) is 5.50. The molecule has 2 aromatic rings. The minimum atomic E-state index is -1.22. The van der Waals surface area contributed by atoms with Gasteiger partial charge in [-0.15, -0.1) is 0 Å². The van der Waals surface area contributed by atoms with Crippen molar-refractivity contribution in [2.45, 2.75) is 57.1 Å². The lowest BCUT2D eigenvalue weighted by Gasteiger charge is -2.35. The molecule has 1 amide bonds. The molecule has 2 heterocycles. The summed E-state index contributed by atoms with van der Waals surface area (Å²) < 4.78 is 16.2. The second-order valence-electron chi connectivity index (χ2n) is 9.52. The highest BCUT2D eigenvalue weighted by atomic mass is 16.7. The van der Waals surface area contributed by atoms with Crippen LogP contribution in [0.3, 0.4) is 0 Å². The quantitative estimate of drug-likeness (QED) is 0.309. The van der Waals surface area contributed by atoms with Crippen LogP contribution in [0.15, 0.2) is 48.9 Å². The van der Waals surface area contributed by atoms with E-state index >= 15 is 0 Å². The largest absolute Gasteiger partial charge is 0.531 e. The average molecular weight is 524 g/mol. The third-order valence-electron chi connectivity index (χ3n) is 6.21. The first-order valence-corrected chi connectivity index (χ1v) is 12.5. The number of ether oxygens (including phenoxy) is 1. The Kier molecular flexibility index (Phi) is 10.5. The molecule has 38 heavy (non-hydrogen) atoms. The SMILES string of the molecule is CN[C@@H]1C(=O)OB([C@@H](CC(=O)[C@H](Cc2ccccc2)NC(=O)c2cnccn2)CC(C)C)O[C@H]1C(=O)OC. The Hall–Kier alpha value is -3.64. The molecule has 0 unspecified atom stereocenters. The number of carbonyl (C=O) groups is 4. The number of nitrogens with zero attached hydrogens (tertiary/aromatic N) is 2. The van der Waals surface area contributed by atoms with Gasteiger partial charge in [0.2, 0.25) is 0 Å². The smallest absolute Gasteiger partial charge is 0.508 e. The Morgan fingerprint density at radius 3 is 2.50 bits per heavy atom. The van der Waals surface area contributed by atoms with Crippen molar-refractivity contribution in [3.05, 3.63) is 60.2 Å². The molecule has 1 saturated heterocycles. The lowest BCUT2D eigenvalue weighted by Crippen LogP contribution is -2.59. The van der Waals surface area contributed by atoms with Crippen LogP contribution in [-0.4, -0.2) is 73.1 Å². The summed E-state index contributed by atoms with van der Waals surface area (Å²) in [6.45, 7) is 3.93. The van der Waals surface area contributed by atoms with E-state index in [4.69, 9.17) is 14.0 Å². The summed E-state index contributed by atoms with van der Waals surface area (Å²) in [5.41, 5.74) is 0.939. The number of aromatic nitrogens is 2. The van der Waals surface area contributed by atoms with Crippen LogP contribution in [0.1, 0.15) is 42.7 Å². The maximum Gasteiger partial charge on any atom is 0.531 e. The van der Waals surface area contributed by atoms with Gasteiger partial charge in [-0.25, -0.2) is 9.78 Å². The van der Waals surface area contributed by atoms with Crippen LogP contribution in [0.5, 0.6) is 0 Å². The van der Waals surface area contributed by atoms with Gasteiger partial charge >= 0.3 is 19.1 Å². The molecule has 1 fully saturated rings. The summed E-state index contributed by atoms with van der Waals surface area (Å²) in [5.74, 6) is -2.65. The van der Waals surface area contributed by atoms with E-state index in [1.165, 1.54) is 32.7 Å². The van der Waals surface area contributed by atoms with Gasteiger partial charge in [0.15, 0.2) is 11.9 Å². The average Bonchev–Trinajstić information content (AvgIpc) is 2.92. The number of benzene rings is 1. The molecule has 1 aromatic carbocycles. The van der Waals surface area contributed by atoms with Crippen molar-refractivity contribution in [2.24, 2.45) is 5.92 Å². The number of ketones is 1. The van der Waals surface area contributed by atoms with E-state index < -0.39 is 49.0 Å². The molecule has 0 spiro atoms. The molecule has 0 saturated carbocycles. The fourth-order valence-corrected chi connectivity index (χ4v) is 4.39. The Morgan fingerprint density at radius 1 is 1.16 bits per heavy atom. The molecule has 1 aliphatic rings. The number of likely N-dealkylation sites (N-methyl/N-ethyl adjacent to an activating group) is 1. The van der Waals surface area contributed by atoms with E-state index in [0.29, 0.717) is 6.42 Å². The maximum absolute atomic E-state index is 13.7. The molecule has 0 aliphatic carbocycles. The third kappa shape index (κ3) is 7.69. The third-order valence-corrected chi connectivity index (χ3v) is 6.21. The van der Waals surface area contributed by atoms with Gasteiger partial charge in [0.25, 0.3) is 5.91 Å². The Morgan fingerprint density at radius 2 is 1.89 bits per heavy atom. The summed E-state index contributed by atoms with van der Waals surface area (Å²) in [4.78, 5) is 59.5. The highest BCUT2D eigenvalue weighted by molar-refractivity contribution is 6.50. The zero-order valence-corrected chi connectivity index (χ0v) is 22.0. The summed E-state index contributed by atoms with van der Waals surface area (Å²) in [6.07, 6.45) is 3.60. The van der Waals surface area contributed by atoms with Crippen LogP contribution in [0, 0.1) is 5.92 Å². The number of nitrogens with one attached hydrogen (secondary N) is 2. The van der Waals surface area contributed by atoms with Crippen molar-refractivity contribution < 1.29 is 33.2 Å². The van der Waals surface area contributed by atoms with Gasteiger partial charge in [-0.05, 0) is 31.4 Å². The fourth-order valence-electron chi connectivity index (χ4n) is 4.39. The van der Waals surface area contributed by atoms with Crippen LogP contribution < -0.4 is 10.6 Å². The summed E-state index contributed by atoms with van der Waals surface area (Å²) >= 11 is 0. The maximum atomic E-state index is 13.7. The number of hydrogen-bond donors (Lipinski definition) is 2. The Balaban J connectivity index is 1.83. The number of carbonyl (C=O) groups excluding carboxylic acids is 4. The van der Waals surface area contributed by atoms with Crippen molar-refractivity contribution in [1.29, 1.82) is 0 Å². The van der Waals surface area contributed by atoms with Gasteiger partial charge in [-0.1, -0.05) is 44.2 Å². The zero-order valence-electron chi connectivity index (χ0n) is 22.0. The van der Waals surface area contributed by atoms with Gasteiger partial charge in [0.05, 0.1) is 19.3 Å². The number of Topliss-reactive ketones (excluding diaryl/α,β-unsaturated/α-hetero) is 1. The standard InChI is InChI=1S/C26H33BN4O7/c1-16(2)12-18(27-37-23(26(35)36-4)22(28-3)25(34)38-27)14-21(32)19(13-17-8-6-5-7-9-17)31-24(33)20-15-29-10-11-30-20/h5-11,15-16,18-19,22-23,28H,12-14H2,1-4H3,(H,31,33)/t18-,19+,22+,23-/m1/s1. The molecule has 11 nitrogen and oxygen atoms in total.